The van der Waals surface area contributed by atoms with Crippen molar-refractivity contribution in [2.75, 3.05) is 0 Å². The molecule has 1 heterocycles. The van der Waals surface area contributed by atoms with Gasteiger partial charge in [-0.3, -0.25) is 4.57 Å². The van der Waals surface area contributed by atoms with Crippen LogP contribution >= 0.6 is 15.9 Å². The van der Waals surface area contributed by atoms with Crippen molar-refractivity contribution in [1.82, 2.24) is 9.55 Å². The highest BCUT2D eigenvalue weighted by atomic mass is 79.9. The summed E-state index contributed by atoms with van der Waals surface area (Å²) in [6, 6.07) is 5.16. The quantitative estimate of drug-likeness (QED) is 0.898. The number of benzene rings is 1. The van der Waals surface area contributed by atoms with Gasteiger partial charge in [-0.25, -0.2) is 4.98 Å². The lowest BCUT2D eigenvalue weighted by Gasteiger charge is -2.14. The number of hydrogen-bond donors (Lipinski definition) is 1. The van der Waals surface area contributed by atoms with Gasteiger partial charge in [-0.15, -0.1) is 0 Å². The Bertz CT molecular complexity index is 588. The number of ether oxygens (including phenoxy) is 1. The summed E-state index contributed by atoms with van der Waals surface area (Å²) in [4.78, 5) is 3.83. The fourth-order valence-corrected chi connectivity index (χ4v) is 2.09. The molecule has 2 rings (SSSR count). The standard InChI is InChI=1S/C13H13BrF2N2O2/c1-8(19)10-3-2-9(14)6-11(10)20-7-12-17-4-5-18(12)13(15)16/h2-6,8,13,19H,7H2,1H3/t8-/m1/s1. The van der Waals surface area contributed by atoms with Crippen LogP contribution in [0.3, 0.4) is 0 Å². The Morgan fingerprint density at radius 1 is 1.45 bits per heavy atom. The van der Waals surface area contributed by atoms with E-state index in [1.807, 2.05) is 0 Å². The fraction of sp³-hybridized carbons (Fsp3) is 0.308. The van der Waals surface area contributed by atoms with Crippen LogP contribution in [-0.4, -0.2) is 14.7 Å². The summed E-state index contributed by atoms with van der Waals surface area (Å²) in [5.74, 6) is 0.551. The number of hydrogen-bond acceptors (Lipinski definition) is 3. The normalized spacial score (nSPS) is 12.7. The minimum absolute atomic E-state index is 0.104. The van der Waals surface area contributed by atoms with E-state index in [4.69, 9.17) is 4.74 Å². The minimum atomic E-state index is -2.66. The number of rotatable bonds is 5. The molecule has 0 unspecified atom stereocenters. The van der Waals surface area contributed by atoms with E-state index in [0.29, 0.717) is 11.3 Å². The van der Waals surface area contributed by atoms with Gasteiger partial charge in [0.25, 0.3) is 0 Å². The number of halogens is 3. The van der Waals surface area contributed by atoms with Gasteiger partial charge in [0.05, 0.1) is 6.10 Å². The summed E-state index contributed by atoms with van der Waals surface area (Å²) in [7, 11) is 0. The van der Waals surface area contributed by atoms with Gasteiger partial charge in [0.2, 0.25) is 0 Å². The Kier molecular flexibility index (Phi) is 4.72. The van der Waals surface area contributed by atoms with Crippen LogP contribution in [-0.2, 0) is 6.61 Å². The average molecular weight is 347 g/mol. The molecule has 2 aromatic rings. The van der Waals surface area contributed by atoms with Gasteiger partial charge in [0, 0.05) is 22.4 Å². The molecule has 0 aliphatic carbocycles. The molecule has 4 nitrogen and oxygen atoms in total. The Labute approximate surface area is 123 Å². The van der Waals surface area contributed by atoms with E-state index in [2.05, 4.69) is 20.9 Å². The van der Waals surface area contributed by atoms with Crippen molar-refractivity contribution >= 4 is 15.9 Å². The second-order valence-electron chi connectivity index (χ2n) is 4.18. The predicted molar refractivity (Wildman–Crippen MR) is 72.6 cm³/mol. The molecule has 1 N–H and O–H groups in total. The van der Waals surface area contributed by atoms with Crippen LogP contribution in [0.25, 0.3) is 0 Å². The van der Waals surface area contributed by atoms with Crippen LogP contribution in [0.4, 0.5) is 8.78 Å². The Balaban J connectivity index is 2.18. The maximum atomic E-state index is 12.7. The van der Waals surface area contributed by atoms with Gasteiger partial charge < -0.3 is 9.84 Å². The fourth-order valence-electron chi connectivity index (χ4n) is 1.75. The molecule has 0 bridgehead atoms. The summed E-state index contributed by atoms with van der Waals surface area (Å²) in [5, 5.41) is 9.66. The topological polar surface area (TPSA) is 47.3 Å². The van der Waals surface area contributed by atoms with Gasteiger partial charge in [-0.1, -0.05) is 22.0 Å². The average Bonchev–Trinajstić information content (AvgIpc) is 2.84. The number of nitrogens with zero attached hydrogens (tertiary/aromatic N) is 2. The van der Waals surface area contributed by atoms with Gasteiger partial charge in [-0.05, 0) is 19.1 Å². The number of aliphatic hydroxyl groups excluding tert-OH is 1. The molecule has 1 aromatic carbocycles. The first-order valence-corrected chi connectivity index (χ1v) is 6.68. The SMILES string of the molecule is C[C@@H](O)c1ccc(Br)cc1OCc1nccn1C(F)F. The first kappa shape index (κ1) is 14.9. The molecular weight excluding hydrogens is 334 g/mol. The molecule has 7 heteroatoms. The predicted octanol–water partition coefficient (Wildman–Crippen LogP) is 3.67. The van der Waals surface area contributed by atoms with E-state index in [1.165, 1.54) is 12.4 Å². The van der Waals surface area contributed by atoms with E-state index in [-0.39, 0.29) is 12.4 Å². The Morgan fingerprint density at radius 3 is 2.85 bits per heavy atom. The zero-order valence-corrected chi connectivity index (χ0v) is 12.2. The summed E-state index contributed by atoms with van der Waals surface area (Å²) < 4.78 is 32.4. The molecule has 0 radical (unpaired) electrons. The second kappa shape index (κ2) is 6.32. The molecule has 0 saturated heterocycles. The molecule has 0 spiro atoms. The van der Waals surface area contributed by atoms with Crippen molar-refractivity contribution in [2.24, 2.45) is 0 Å². The van der Waals surface area contributed by atoms with E-state index < -0.39 is 12.7 Å². The first-order chi connectivity index (χ1) is 9.49. The lowest BCUT2D eigenvalue weighted by atomic mass is 10.1. The third kappa shape index (κ3) is 3.34. The van der Waals surface area contributed by atoms with Crippen LogP contribution in [0, 0.1) is 0 Å². The third-order valence-corrected chi connectivity index (χ3v) is 3.23. The Morgan fingerprint density at radius 2 is 2.20 bits per heavy atom. The molecule has 0 aliphatic heterocycles. The molecule has 0 amide bonds. The molecule has 1 aromatic heterocycles. The number of alkyl halides is 2. The number of aliphatic hydroxyl groups is 1. The lowest BCUT2D eigenvalue weighted by Crippen LogP contribution is -2.08. The monoisotopic (exact) mass is 346 g/mol. The van der Waals surface area contributed by atoms with Crippen LogP contribution in [0.5, 0.6) is 5.75 Å². The van der Waals surface area contributed by atoms with Crippen LogP contribution in [0.15, 0.2) is 35.1 Å². The zero-order chi connectivity index (χ0) is 14.7. The summed E-state index contributed by atoms with van der Waals surface area (Å²) in [6.45, 7) is -1.15. The number of aromatic nitrogens is 2. The van der Waals surface area contributed by atoms with Crippen molar-refractivity contribution in [3.8, 4) is 5.75 Å². The largest absolute Gasteiger partial charge is 0.485 e. The maximum Gasteiger partial charge on any atom is 0.320 e. The van der Waals surface area contributed by atoms with Crippen molar-refractivity contribution in [2.45, 2.75) is 26.2 Å². The Hall–Kier alpha value is -1.47. The molecule has 0 aliphatic rings. The molecule has 1 atom stereocenters. The molecule has 20 heavy (non-hydrogen) atoms. The van der Waals surface area contributed by atoms with Gasteiger partial charge in [0.15, 0.2) is 5.82 Å². The summed E-state index contributed by atoms with van der Waals surface area (Å²) in [5.41, 5.74) is 0.586. The first-order valence-electron chi connectivity index (χ1n) is 5.89. The highest BCUT2D eigenvalue weighted by Crippen LogP contribution is 2.29. The van der Waals surface area contributed by atoms with Crippen molar-refractivity contribution in [3.63, 3.8) is 0 Å². The summed E-state index contributed by atoms with van der Waals surface area (Å²) in [6.07, 6.45) is 1.77. The highest BCUT2D eigenvalue weighted by molar-refractivity contribution is 9.10. The van der Waals surface area contributed by atoms with Crippen LogP contribution < -0.4 is 4.74 Å². The zero-order valence-electron chi connectivity index (χ0n) is 10.6. The van der Waals surface area contributed by atoms with E-state index in [9.17, 15) is 13.9 Å². The van der Waals surface area contributed by atoms with Gasteiger partial charge >= 0.3 is 6.55 Å². The van der Waals surface area contributed by atoms with E-state index >= 15 is 0 Å². The molecule has 0 fully saturated rings. The molecule has 0 saturated carbocycles. The highest BCUT2D eigenvalue weighted by Gasteiger charge is 2.14. The van der Waals surface area contributed by atoms with Crippen molar-refractivity contribution < 1.29 is 18.6 Å². The maximum absolute atomic E-state index is 12.7. The van der Waals surface area contributed by atoms with Crippen molar-refractivity contribution in [3.05, 3.63) is 46.5 Å². The van der Waals surface area contributed by atoms with E-state index in [0.717, 1.165) is 9.04 Å². The number of imidazole rings is 1. The third-order valence-electron chi connectivity index (χ3n) is 2.74. The van der Waals surface area contributed by atoms with Gasteiger partial charge in [0.1, 0.15) is 12.4 Å². The van der Waals surface area contributed by atoms with Crippen LogP contribution in [0.2, 0.25) is 0 Å². The second-order valence-corrected chi connectivity index (χ2v) is 5.09. The molecular formula is C13H13BrF2N2O2. The summed E-state index contributed by atoms with van der Waals surface area (Å²) >= 11 is 3.30. The van der Waals surface area contributed by atoms with Crippen LogP contribution in [0.1, 0.15) is 31.0 Å². The molecule has 108 valence electrons. The van der Waals surface area contributed by atoms with Crippen molar-refractivity contribution in [1.29, 1.82) is 0 Å². The van der Waals surface area contributed by atoms with Gasteiger partial charge in [-0.2, -0.15) is 8.78 Å². The smallest absolute Gasteiger partial charge is 0.320 e. The lowest BCUT2D eigenvalue weighted by molar-refractivity contribution is 0.0630. The minimum Gasteiger partial charge on any atom is -0.485 e. The van der Waals surface area contributed by atoms with E-state index in [1.54, 1.807) is 25.1 Å².